The minimum absolute atomic E-state index is 0.219. The van der Waals surface area contributed by atoms with Gasteiger partial charge in [0.05, 0.1) is 19.3 Å². The fourth-order valence-corrected chi connectivity index (χ4v) is 4.13. The molecule has 4 rings (SSSR count). The maximum Gasteiger partial charge on any atom is 0.336 e. The lowest BCUT2D eigenvalue weighted by Gasteiger charge is -2.31. The maximum absolute atomic E-state index is 12.1. The van der Waals surface area contributed by atoms with Crippen LogP contribution in [0.15, 0.2) is 45.6 Å². The van der Waals surface area contributed by atoms with E-state index >= 15 is 0 Å². The van der Waals surface area contributed by atoms with Crippen LogP contribution in [0, 0.1) is 6.92 Å². The molecule has 1 aromatic heterocycles. The van der Waals surface area contributed by atoms with Crippen LogP contribution in [0.3, 0.4) is 0 Å². The first kappa shape index (κ1) is 23.8. The van der Waals surface area contributed by atoms with E-state index in [2.05, 4.69) is 4.90 Å². The van der Waals surface area contributed by atoms with Crippen molar-refractivity contribution in [1.82, 2.24) is 4.90 Å². The number of fused-ring (bicyclic) bond motifs is 3. The summed E-state index contributed by atoms with van der Waals surface area (Å²) in [7, 11) is 3.20. The van der Waals surface area contributed by atoms with Crippen LogP contribution in [0.5, 0.6) is 11.5 Å². The van der Waals surface area contributed by atoms with Crippen molar-refractivity contribution < 1.29 is 28.2 Å². The minimum Gasteiger partial charge on any atom is -0.497 e. The predicted molar refractivity (Wildman–Crippen MR) is 126 cm³/mol. The van der Waals surface area contributed by atoms with E-state index in [4.69, 9.17) is 23.4 Å². The highest BCUT2D eigenvalue weighted by Gasteiger charge is 2.26. The van der Waals surface area contributed by atoms with Crippen molar-refractivity contribution in [2.45, 2.75) is 32.9 Å². The molecule has 180 valence electrons. The second-order valence-electron chi connectivity index (χ2n) is 8.29. The van der Waals surface area contributed by atoms with Gasteiger partial charge in [0.2, 0.25) is 0 Å². The molecule has 0 radical (unpaired) electrons. The molecule has 3 aromatic rings. The second kappa shape index (κ2) is 10.7. The van der Waals surface area contributed by atoms with Crippen LogP contribution in [0.2, 0.25) is 0 Å². The van der Waals surface area contributed by atoms with E-state index in [-0.39, 0.29) is 19.0 Å². The van der Waals surface area contributed by atoms with Gasteiger partial charge in [-0.1, -0.05) is 12.1 Å². The summed E-state index contributed by atoms with van der Waals surface area (Å²) in [5.74, 6) is 1.19. The summed E-state index contributed by atoms with van der Waals surface area (Å²) < 4.78 is 27.2. The first-order valence-corrected chi connectivity index (χ1v) is 11.2. The van der Waals surface area contributed by atoms with Gasteiger partial charge >= 0.3 is 11.6 Å². The Morgan fingerprint density at radius 1 is 1.12 bits per heavy atom. The largest absolute Gasteiger partial charge is 0.497 e. The van der Waals surface area contributed by atoms with Gasteiger partial charge in [-0.2, -0.15) is 0 Å². The zero-order chi connectivity index (χ0) is 24.1. The molecule has 2 heterocycles. The van der Waals surface area contributed by atoms with Crippen LogP contribution in [0.1, 0.15) is 28.7 Å². The lowest BCUT2D eigenvalue weighted by atomic mass is 9.97. The summed E-state index contributed by atoms with van der Waals surface area (Å²) in [6, 6.07) is 11.3. The van der Waals surface area contributed by atoms with E-state index < -0.39 is 5.63 Å². The van der Waals surface area contributed by atoms with Crippen LogP contribution in [-0.4, -0.2) is 45.0 Å². The summed E-state index contributed by atoms with van der Waals surface area (Å²) in [6.07, 6.45) is 0.678. The molecule has 2 aromatic carbocycles. The molecule has 34 heavy (non-hydrogen) atoms. The maximum atomic E-state index is 12.1. The Labute approximate surface area is 198 Å². The molecule has 0 spiro atoms. The Morgan fingerprint density at radius 3 is 2.65 bits per heavy atom. The number of hydrogen-bond donors (Lipinski definition) is 0. The second-order valence-corrected chi connectivity index (χ2v) is 8.29. The van der Waals surface area contributed by atoms with Crippen LogP contribution in [-0.2, 0) is 33.8 Å². The number of benzene rings is 2. The molecule has 0 unspecified atom stereocenters. The molecule has 0 amide bonds. The molecule has 0 bridgehead atoms. The summed E-state index contributed by atoms with van der Waals surface area (Å²) in [5, 5.41) is 0.844. The van der Waals surface area contributed by atoms with Crippen molar-refractivity contribution in [1.29, 1.82) is 0 Å². The molecular weight excluding hydrogens is 438 g/mol. The highest BCUT2D eigenvalue weighted by atomic mass is 16.6. The van der Waals surface area contributed by atoms with Gasteiger partial charge in [-0.05, 0) is 48.2 Å². The van der Waals surface area contributed by atoms with Gasteiger partial charge in [-0.25, -0.2) is 4.79 Å². The number of ether oxygens (including phenoxy) is 4. The zero-order valence-corrected chi connectivity index (χ0v) is 19.7. The number of esters is 1. The van der Waals surface area contributed by atoms with Gasteiger partial charge in [0.15, 0.2) is 0 Å². The van der Waals surface area contributed by atoms with Crippen LogP contribution >= 0.6 is 0 Å². The van der Waals surface area contributed by atoms with E-state index in [9.17, 15) is 9.59 Å². The van der Waals surface area contributed by atoms with Gasteiger partial charge in [-0.3, -0.25) is 9.69 Å². The van der Waals surface area contributed by atoms with E-state index in [1.165, 1.54) is 6.07 Å². The van der Waals surface area contributed by atoms with Gasteiger partial charge < -0.3 is 23.4 Å². The number of aryl methyl sites for hydroxylation is 2. The Bertz CT molecular complexity index is 1220. The summed E-state index contributed by atoms with van der Waals surface area (Å²) in [4.78, 5) is 26.4. The first-order chi connectivity index (χ1) is 16.5. The number of hydrogen-bond acceptors (Lipinski definition) is 8. The fourth-order valence-electron chi connectivity index (χ4n) is 4.13. The van der Waals surface area contributed by atoms with E-state index in [1.807, 2.05) is 37.3 Å². The van der Waals surface area contributed by atoms with Crippen molar-refractivity contribution in [2.24, 2.45) is 0 Å². The van der Waals surface area contributed by atoms with Crippen molar-refractivity contribution in [3.05, 3.63) is 69.1 Å². The summed E-state index contributed by atoms with van der Waals surface area (Å²) in [5.41, 5.74) is 3.79. The monoisotopic (exact) mass is 467 g/mol. The van der Waals surface area contributed by atoms with E-state index in [1.54, 1.807) is 14.2 Å². The Hall–Kier alpha value is -3.36. The van der Waals surface area contributed by atoms with Crippen molar-refractivity contribution in [2.75, 3.05) is 34.2 Å². The van der Waals surface area contributed by atoms with Gasteiger partial charge in [0.25, 0.3) is 0 Å². The number of carbonyl (C=O) groups is 1. The van der Waals surface area contributed by atoms with Crippen molar-refractivity contribution in [3.8, 4) is 11.5 Å². The average Bonchev–Trinajstić information content (AvgIpc) is 2.83. The Balaban J connectivity index is 1.61. The van der Waals surface area contributed by atoms with Crippen molar-refractivity contribution in [3.63, 3.8) is 0 Å². The third-order valence-corrected chi connectivity index (χ3v) is 5.85. The number of carbonyl (C=O) groups excluding carboxylic acids is 1. The molecule has 0 atom stereocenters. The molecule has 0 N–H and O–H groups in total. The van der Waals surface area contributed by atoms with Crippen LogP contribution in [0.4, 0.5) is 0 Å². The molecule has 1 aliphatic rings. The lowest BCUT2D eigenvalue weighted by molar-refractivity contribution is -0.144. The van der Waals surface area contributed by atoms with E-state index in [0.717, 1.165) is 33.4 Å². The van der Waals surface area contributed by atoms with Crippen molar-refractivity contribution >= 4 is 16.9 Å². The highest BCUT2D eigenvalue weighted by Crippen LogP contribution is 2.37. The third-order valence-electron chi connectivity index (χ3n) is 5.85. The Kier molecular flexibility index (Phi) is 7.49. The van der Waals surface area contributed by atoms with Gasteiger partial charge in [-0.15, -0.1) is 0 Å². The summed E-state index contributed by atoms with van der Waals surface area (Å²) in [6.45, 7) is 4.07. The quantitative estimate of drug-likeness (QED) is 0.268. The van der Waals surface area contributed by atoms with Crippen LogP contribution in [0.25, 0.3) is 11.0 Å². The third kappa shape index (κ3) is 5.40. The molecule has 1 aliphatic heterocycles. The molecule has 0 fully saturated rings. The highest BCUT2D eigenvalue weighted by molar-refractivity contribution is 5.86. The van der Waals surface area contributed by atoms with E-state index in [0.29, 0.717) is 44.2 Å². The number of methoxy groups -OCH3 is 2. The standard InChI is InChI=1S/C26H29NO7/c1-17-12-24(29)34-26-21(17)13-19(6-9-23(28)32-11-10-30-2)25-22(26)15-27(16-33-25)14-18-4-7-20(31-3)8-5-18/h4-5,7-8,12-13H,6,9-11,14-16H2,1-3H3. The average molecular weight is 468 g/mol. The number of nitrogens with zero attached hydrogens (tertiary/aromatic N) is 1. The predicted octanol–water partition coefficient (Wildman–Crippen LogP) is 3.58. The first-order valence-electron chi connectivity index (χ1n) is 11.2. The van der Waals surface area contributed by atoms with Gasteiger partial charge in [0.1, 0.15) is 30.4 Å². The summed E-state index contributed by atoms with van der Waals surface area (Å²) >= 11 is 0. The molecule has 0 aliphatic carbocycles. The molecule has 0 saturated carbocycles. The molecule has 0 saturated heterocycles. The number of rotatable bonds is 9. The smallest absolute Gasteiger partial charge is 0.336 e. The van der Waals surface area contributed by atoms with Crippen LogP contribution < -0.4 is 15.1 Å². The fraction of sp³-hybridized carbons (Fsp3) is 0.385. The molecule has 8 nitrogen and oxygen atoms in total. The normalized spacial score (nSPS) is 13.4. The Morgan fingerprint density at radius 2 is 1.91 bits per heavy atom. The topological polar surface area (TPSA) is 87.4 Å². The zero-order valence-electron chi connectivity index (χ0n) is 19.7. The minimum atomic E-state index is -0.394. The molecule has 8 heteroatoms. The van der Waals surface area contributed by atoms with Gasteiger partial charge in [0, 0.05) is 38.1 Å². The lowest BCUT2D eigenvalue weighted by Crippen LogP contribution is -2.32. The SMILES string of the molecule is COCCOC(=O)CCc1cc2c(C)cc(=O)oc2c2c1OCN(Cc1ccc(OC)cc1)C2. The molecular formula is C26H29NO7.